The number of nitrogens with zero attached hydrogens (tertiary/aromatic N) is 2. The Morgan fingerprint density at radius 2 is 2.09 bits per heavy atom. The summed E-state index contributed by atoms with van der Waals surface area (Å²) in [5.41, 5.74) is 1.36. The number of nitrogens with one attached hydrogen (secondary N) is 2. The molecule has 0 spiro atoms. The maximum atomic E-state index is 13.0. The highest BCUT2D eigenvalue weighted by Gasteiger charge is 2.43. The summed E-state index contributed by atoms with van der Waals surface area (Å²) in [5.74, 6) is -0.298. The second-order valence-electron chi connectivity index (χ2n) is 5.05. The van der Waals surface area contributed by atoms with E-state index in [0.717, 1.165) is 0 Å². The number of aromatic nitrogens is 2. The van der Waals surface area contributed by atoms with Crippen LogP contribution in [0.1, 0.15) is 12.8 Å². The molecular formula is C14H10F2N4O3. The van der Waals surface area contributed by atoms with Crippen molar-refractivity contribution in [2.45, 2.75) is 19.1 Å². The van der Waals surface area contributed by atoms with Crippen LogP contribution < -0.4 is 14.8 Å². The van der Waals surface area contributed by atoms with E-state index >= 15 is 0 Å². The molecule has 118 valence electrons. The van der Waals surface area contributed by atoms with Gasteiger partial charge in [-0.3, -0.25) is 15.1 Å². The minimum atomic E-state index is -3.67. The number of amides is 1. The van der Waals surface area contributed by atoms with E-state index in [2.05, 4.69) is 29.8 Å². The van der Waals surface area contributed by atoms with Gasteiger partial charge in [0.2, 0.25) is 5.95 Å². The number of hydrogen-bond acceptors (Lipinski definition) is 5. The number of ether oxygens (including phenoxy) is 2. The maximum Gasteiger partial charge on any atom is 0.586 e. The Bertz CT molecular complexity index is 827. The van der Waals surface area contributed by atoms with E-state index in [-0.39, 0.29) is 23.4 Å². The summed E-state index contributed by atoms with van der Waals surface area (Å²) in [6.07, 6.45) is 0.858. The lowest BCUT2D eigenvalue weighted by molar-refractivity contribution is -0.286. The summed E-state index contributed by atoms with van der Waals surface area (Å²) >= 11 is 0. The van der Waals surface area contributed by atoms with Gasteiger partial charge < -0.3 is 14.5 Å². The summed E-state index contributed by atoms with van der Waals surface area (Å²) in [7, 11) is 0. The highest BCUT2D eigenvalue weighted by Crippen LogP contribution is 2.42. The predicted octanol–water partition coefficient (Wildman–Crippen LogP) is 2.57. The Labute approximate surface area is 128 Å². The number of carbonyl (C=O) groups is 1. The predicted molar refractivity (Wildman–Crippen MR) is 76.7 cm³/mol. The maximum absolute atomic E-state index is 13.0. The second kappa shape index (κ2) is 4.77. The first-order valence-corrected chi connectivity index (χ1v) is 6.82. The Hall–Kier alpha value is -2.97. The van der Waals surface area contributed by atoms with Crippen LogP contribution in [0.2, 0.25) is 0 Å². The monoisotopic (exact) mass is 320 g/mol. The second-order valence-corrected chi connectivity index (χ2v) is 5.05. The van der Waals surface area contributed by atoms with E-state index in [1.165, 1.54) is 18.3 Å². The average Bonchev–Trinajstić information content (AvgIpc) is 3.02. The molecule has 0 bridgehead atoms. The summed E-state index contributed by atoms with van der Waals surface area (Å²) in [5, 5.41) is 2.61. The van der Waals surface area contributed by atoms with Gasteiger partial charge in [0.05, 0.1) is 11.0 Å². The number of H-pyrrole nitrogens is 1. The van der Waals surface area contributed by atoms with Crippen molar-refractivity contribution in [1.82, 2.24) is 9.97 Å². The van der Waals surface area contributed by atoms with Crippen LogP contribution in [0.5, 0.6) is 11.5 Å². The van der Waals surface area contributed by atoms with Gasteiger partial charge >= 0.3 is 6.29 Å². The van der Waals surface area contributed by atoms with Gasteiger partial charge in [-0.05, 0) is 12.8 Å². The smallest absolute Gasteiger partial charge is 0.395 e. The molecule has 2 N–H and O–H groups in total. The van der Waals surface area contributed by atoms with Gasteiger partial charge in [0.1, 0.15) is 0 Å². The number of rotatable bonds is 2. The van der Waals surface area contributed by atoms with Gasteiger partial charge in [0, 0.05) is 30.1 Å². The number of hydrogen-bond donors (Lipinski definition) is 2. The fraction of sp³-hybridized carbons (Fsp3) is 0.214. The van der Waals surface area contributed by atoms with Crippen molar-refractivity contribution in [2.24, 2.45) is 4.99 Å². The molecule has 0 fully saturated rings. The number of fused-ring (bicyclic) bond motifs is 2. The van der Waals surface area contributed by atoms with Crippen molar-refractivity contribution < 1.29 is 23.0 Å². The van der Waals surface area contributed by atoms with Crippen LogP contribution in [-0.2, 0) is 4.79 Å². The molecular weight excluding hydrogens is 310 g/mol. The fourth-order valence-electron chi connectivity index (χ4n) is 2.38. The van der Waals surface area contributed by atoms with Crippen molar-refractivity contribution >= 4 is 29.1 Å². The first kappa shape index (κ1) is 13.7. The van der Waals surface area contributed by atoms with E-state index in [1.807, 2.05) is 0 Å². The minimum absolute atomic E-state index is 0.0895. The first-order valence-electron chi connectivity index (χ1n) is 6.82. The quantitative estimate of drug-likeness (QED) is 0.890. The molecule has 0 saturated carbocycles. The molecule has 2 aromatic rings. The zero-order chi connectivity index (χ0) is 16.0. The third-order valence-corrected chi connectivity index (χ3v) is 3.41. The number of anilines is 1. The standard InChI is InChI=1S/C14H10F2N4O3/c15-14(16)22-10-4-8-9(5-11(10)23-14)19-13(18-8)20-12(21)7-2-1-3-17-6-7/h3-6H,1-2H2,(H2,18,19,20,21). The molecule has 1 aromatic heterocycles. The number of imidazole rings is 1. The summed E-state index contributed by atoms with van der Waals surface area (Å²) in [6.45, 7) is 0. The average molecular weight is 320 g/mol. The van der Waals surface area contributed by atoms with Gasteiger partial charge in [-0.1, -0.05) is 0 Å². The zero-order valence-electron chi connectivity index (χ0n) is 11.6. The van der Waals surface area contributed by atoms with Gasteiger partial charge in [-0.2, -0.15) is 0 Å². The molecule has 2 aliphatic rings. The van der Waals surface area contributed by atoms with Crippen molar-refractivity contribution in [3.05, 3.63) is 23.9 Å². The third kappa shape index (κ3) is 2.50. The molecule has 9 heteroatoms. The summed E-state index contributed by atoms with van der Waals surface area (Å²) < 4.78 is 34.7. The highest BCUT2D eigenvalue weighted by atomic mass is 19.3. The Kier molecular flexibility index (Phi) is 2.83. The van der Waals surface area contributed by atoms with E-state index in [4.69, 9.17) is 0 Å². The molecule has 7 nitrogen and oxygen atoms in total. The lowest BCUT2D eigenvalue weighted by Gasteiger charge is -2.07. The van der Waals surface area contributed by atoms with Gasteiger partial charge in [0.15, 0.2) is 11.5 Å². The van der Waals surface area contributed by atoms with Crippen LogP contribution in [-0.4, -0.2) is 28.4 Å². The van der Waals surface area contributed by atoms with Crippen LogP contribution in [0.3, 0.4) is 0 Å². The number of alkyl halides is 2. The fourth-order valence-corrected chi connectivity index (χ4v) is 2.38. The lowest BCUT2D eigenvalue weighted by Crippen LogP contribution is -2.25. The van der Waals surface area contributed by atoms with Gasteiger partial charge in [0.25, 0.3) is 5.91 Å². The Morgan fingerprint density at radius 3 is 2.83 bits per heavy atom. The highest BCUT2D eigenvalue weighted by molar-refractivity contribution is 6.04. The van der Waals surface area contributed by atoms with E-state index in [9.17, 15) is 13.6 Å². The third-order valence-electron chi connectivity index (χ3n) is 3.41. The Morgan fingerprint density at radius 1 is 1.30 bits per heavy atom. The van der Waals surface area contributed by atoms with Gasteiger partial charge in [-0.15, -0.1) is 8.78 Å². The summed E-state index contributed by atoms with van der Waals surface area (Å²) in [4.78, 5) is 23.0. The molecule has 2 aliphatic heterocycles. The first-order chi connectivity index (χ1) is 11.0. The number of halogens is 2. The minimum Gasteiger partial charge on any atom is -0.395 e. The topological polar surface area (TPSA) is 88.6 Å². The van der Waals surface area contributed by atoms with Crippen LogP contribution in [0.15, 0.2) is 28.9 Å². The number of carbonyl (C=O) groups excluding carboxylic acids is 1. The molecule has 3 heterocycles. The molecule has 1 aromatic carbocycles. The summed E-state index contributed by atoms with van der Waals surface area (Å²) in [6, 6.07) is 2.67. The van der Waals surface area contributed by atoms with E-state index in [0.29, 0.717) is 29.4 Å². The molecule has 0 aliphatic carbocycles. The molecule has 23 heavy (non-hydrogen) atoms. The van der Waals surface area contributed by atoms with E-state index < -0.39 is 6.29 Å². The molecule has 0 radical (unpaired) electrons. The number of benzene rings is 1. The van der Waals surface area contributed by atoms with E-state index in [1.54, 1.807) is 6.21 Å². The number of aromatic amines is 1. The van der Waals surface area contributed by atoms with Gasteiger partial charge in [-0.25, -0.2) is 4.98 Å². The SMILES string of the molecule is O=C(Nc1nc2cc3c(cc2[nH]1)OC(F)(F)O3)C1=CN=CCC1. The molecule has 0 unspecified atom stereocenters. The van der Waals surface area contributed by atoms with Crippen molar-refractivity contribution in [3.63, 3.8) is 0 Å². The largest absolute Gasteiger partial charge is 0.586 e. The normalized spacial score (nSPS) is 18.1. The number of aliphatic imine (C=N–C) groups is 1. The van der Waals surface area contributed by atoms with Crippen LogP contribution in [0.25, 0.3) is 11.0 Å². The Balaban J connectivity index is 1.60. The van der Waals surface area contributed by atoms with Crippen molar-refractivity contribution in [3.8, 4) is 11.5 Å². The molecule has 0 atom stereocenters. The zero-order valence-corrected chi connectivity index (χ0v) is 11.6. The molecule has 4 rings (SSSR count). The van der Waals surface area contributed by atoms with Crippen molar-refractivity contribution in [2.75, 3.05) is 5.32 Å². The molecule has 0 saturated heterocycles. The lowest BCUT2D eigenvalue weighted by atomic mass is 10.1. The molecule has 1 amide bonds. The van der Waals surface area contributed by atoms with Crippen LogP contribution >= 0.6 is 0 Å². The van der Waals surface area contributed by atoms with Crippen molar-refractivity contribution in [1.29, 1.82) is 0 Å². The van der Waals surface area contributed by atoms with Crippen LogP contribution in [0.4, 0.5) is 14.7 Å². The van der Waals surface area contributed by atoms with Crippen LogP contribution in [0, 0.1) is 0 Å².